The quantitative estimate of drug-likeness (QED) is 0.777. The van der Waals surface area contributed by atoms with E-state index >= 15 is 0 Å². The van der Waals surface area contributed by atoms with E-state index in [-0.39, 0.29) is 0 Å². The van der Waals surface area contributed by atoms with Gasteiger partial charge in [0.2, 0.25) is 0 Å². The van der Waals surface area contributed by atoms with E-state index in [0.29, 0.717) is 6.42 Å². The van der Waals surface area contributed by atoms with E-state index in [9.17, 15) is 4.79 Å². The molecule has 1 atom stereocenters. The van der Waals surface area contributed by atoms with E-state index in [1.54, 1.807) is 12.3 Å². The lowest BCUT2D eigenvalue weighted by Gasteiger charge is -2.12. The molecule has 76 valence electrons. The summed E-state index contributed by atoms with van der Waals surface area (Å²) in [5.41, 5.74) is 0.815. The molecule has 4 heteroatoms. The highest BCUT2D eigenvalue weighted by molar-refractivity contribution is 7.98. The molecular formula is C10H13NO2S. The van der Waals surface area contributed by atoms with Crippen LogP contribution in [0.4, 0.5) is 0 Å². The van der Waals surface area contributed by atoms with Crippen LogP contribution in [0.2, 0.25) is 0 Å². The third kappa shape index (κ3) is 2.26. The van der Waals surface area contributed by atoms with Crippen LogP contribution in [0, 0.1) is 0 Å². The number of hydrogen-bond acceptors (Lipinski definition) is 3. The second kappa shape index (κ2) is 5.00. The van der Waals surface area contributed by atoms with E-state index in [0.717, 1.165) is 10.6 Å². The SMILES string of the molecule is CCC(C(=O)O)c1cccnc1SC. The van der Waals surface area contributed by atoms with E-state index in [1.165, 1.54) is 11.8 Å². The summed E-state index contributed by atoms with van der Waals surface area (Å²) in [4.78, 5) is 15.1. The second-order valence-corrected chi connectivity index (χ2v) is 3.70. The molecule has 1 aromatic heterocycles. The second-order valence-electron chi connectivity index (χ2n) is 2.90. The first-order chi connectivity index (χ1) is 6.70. The summed E-state index contributed by atoms with van der Waals surface area (Å²) in [6.45, 7) is 1.87. The number of carboxylic acids is 1. The minimum atomic E-state index is -0.782. The molecule has 0 aromatic carbocycles. The smallest absolute Gasteiger partial charge is 0.311 e. The highest BCUT2D eigenvalue weighted by Gasteiger charge is 2.20. The molecule has 0 saturated heterocycles. The van der Waals surface area contributed by atoms with Crippen molar-refractivity contribution in [3.05, 3.63) is 23.9 Å². The lowest BCUT2D eigenvalue weighted by Crippen LogP contribution is -2.11. The molecule has 14 heavy (non-hydrogen) atoms. The highest BCUT2D eigenvalue weighted by Crippen LogP contribution is 2.27. The molecule has 1 heterocycles. The van der Waals surface area contributed by atoms with Gasteiger partial charge in [-0.25, -0.2) is 4.98 Å². The van der Waals surface area contributed by atoms with Crippen LogP contribution in [0.3, 0.4) is 0 Å². The summed E-state index contributed by atoms with van der Waals surface area (Å²) in [6.07, 6.45) is 4.18. The number of nitrogens with zero attached hydrogens (tertiary/aromatic N) is 1. The Morgan fingerprint density at radius 3 is 2.93 bits per heavy atom. The van der Waals surface area contributed by atoms with Crippen molar-refractivity contribution in [3.8, 4) is 0 Å². The number of carboxylic acid groups (broad SMARTS) is 1. The third-order valence-corrected chi connectivity index (χ3v) is 2.80. The molecule has 0 aliphatic carbocycles. The Kier molecular flexibility index (Phi) is 3.95. The number of aromatic nitrogens is 1. The number of hydrogen-bond donors (Lipinski definition) is 1. The number of thioether (sulfide) groups is 1. The Bertz CT molecular complexity index is 328. The summed E-state index contributed by atoms with van der Waals surface area (Å²) in [7, 11) is 0. The minimum absolute atomic E-state index is 0.439. The van der Waals surface area contributed by atoms with E-state index < -0.39 is 11.9 Å². The summed E-state index contributed by atoms with van der Waals surface area (Å²) in [6, 6.07) is 3.61. The normalized spacial score (nSPS) is 12.4. The van der Waals surface area contributed by atoms with Gasteiger partial charge >= 0.3 is 5.97 Å². The predicted molar refractivity (Wildman–Crippen MR) is 56.7 cm³/mol. The molecule has 0 radical (unpaired) electrons. The van der Waals surface area contributed by atoms with Crippen LogP contribution in [0.1, 0.15) is 24.8 Å². The molecule has 1 N–H and O–H groups in total. The zero-order chi connectivity index (χ0) is 10.6. The maximum absolute atomic E-state index is 11.0. The van der Waals surface area contributed by atoms with Crippen LogP contribution in [0.25, 0.3) is 0 Å². The van der Waals surface area contributed by atoms with Crippen molar-refractivity contribution in [2.75, 3.05) is 6.26 Å². The van der Waals surface area contributed by atoms with E-state index in [2.05, 4.69) is 4.98 Å². The lowest BCUT2D eigenvalue weighted by molar-refractivity contribution is -0.138. The standard InChI is InChI=1S/C10H13NO2S/c1-3-7(10(12)13)8-5-4-6-11-9(8)14-2/h4-7H,3H2,1-2H3,(H,12,13). The molecule has 3 nitrogen and oxygen atoms in total. The zero-order valence-corrected chi connectivity index (χ0v) is 9.04. The van der Waals surface area contributed by atoms with Gasteiger partial charge in [-0.15, -0.1) is 11.8 Å². The van der Waals surface area contributed by atoms with Gasteiger partial charge in [-0.3, -0.25) is 4.79 Å². The van der Waals surface area contributed by atoms with Crippen LogP contribution in [-0.4, -0.2) is 22.3 Å². The first-order valence-electron chi connectivity index (χ1n) is 4.42. The first-order valence-corrected chi connectivity index (χ1v) is 5.64. The number of aliphatic carboxylic acids is 1. The van der Waals surface area contributed by atoms with Gasteiger partial charge in [0.25, 0.3) is 0 Å². The zero-order valence-electron chi connectivity index (χ0n) is 8.23. The van der Waals surface area contributed by atoms with Crippen molar-refractivity contribution < 1.29 is 9.90 Å². The molecule has 1 aromatic rings. The maximum atomic E-state index is 11.0. The van der Waals surface area contributed by atoms with Crippen LogP contribution in [0.15, 0.2) is 23.4 Å². The fourth-order valence-electron chi connectivity index (χ4n) is 1.37. The van der Waals surface area contributed by atoms with E-state index in [1.807, 2.05) is 19.2 Å². The Balaban J connectivity index is 3.08. The Hall–Kier alpha value is -1.03. The van der Waals surface area contributed by atoms with Gasteiger partial charge in [0.05, 0.1) is 10.9 Å². The van der Waals surface area contributed by atoms with Gasteiger partial charge in [0.1, 0.15) is 0 Å². The van der Waals surface area contributed by atoms with Crippen molar-refractivity contribution in [3.63, 3.8) is 0 Å². The highest BCUT2D eigenvalue weighted by atomic mass is 32.2. The number of rotatable bonds is 4. The van der Waals surface area contributed by atoms with Crippen LogP contribution < -0.4 is 0 Å². The fourth-order valence-corrected chi connectivity index (χ4v) is 1.98. The van der Waals surface area contributed by atoms with Crippen LogP contribution in [-0.2, 0) is 4.79 Å². The van der Waals surface area contributed by atoms with Crippen molar-refractivity contribution in [1.29, 1.82) is 0 Å². The van der Waals surface area contributed by atoms with Gasteiger partial charge in [0.15, 0.2) is 0 Å². The van der Waals surface area contributed by atoms with Gasteiger partial charge in [0, 0.05) is 6.20 Å². The first kappa shape index (κ1) is 11.0. The Morgan fingerprint density at radius 1 is 1.71 bits per heavy atom. The molecule has 1 rings (SSSR count). The average Bonchev–Trinajstić information content (AvgIpc) is 2.19. The molecule has 1 unspecified atom stereocenters. The van der Waals surface area contributed by atoms with Crippen molar-refractivity contribution in [2.45, 2.75) is 24.3 Å². The summed E-state index contributed by atoms with van der Waals surface area (Å²) < 4.78 is 0. The third-order valence-electron chi connectivity index (χ3n) is 2.08. The monoisotopic (exact) mass is 211 g/mol. The number of pyridine rings is 1. The summed E-state index contributed by atoms with van der Waals surface area (Å²) >= 11 is 1.48. The van der Waals surface area contributed by atoms with Gasteiger partial charge in [-0.2, -0.15) is 0 Å². The molecule has 0 spiro atoms. The molecule has 0 fully saturated rings. The molecule has 0 amide bonds. The summed E-state index contributed by atoms with van der Waals surface area (Å²) in [5, 5.41) is 9.82. The van der Waals surface area contributed by atoms with Gasteiger partial charge in [-0.1, -0.05) is 13.0 Å². The fraction of sp³-hybridized carbons (Fsp3) is 0.400. The predicted octanol–water partition coefficient (Wildman–Crippen LogP) is 2.38. The van der Waals surface area contributed by atoms with Crippen LogP contribution >= 0.6 is 11.8 Å². The topological polar surface area (TPSA) is 50.2 Å². The van der Waals surface area contributed by atoms with Crippen LogP contribution in [0.5, 0.6) is 0 Å². The molecule has 0 aliphatic heterocycles. The largest absolute Gasteiger partial charge is 0.481 e. The Labute approximate surface area is 87.6 Å². The molecule has 0 aliphatic rings. The maximum Gasteiger partial charge on any atom is 0.311 e. The average molecular weight is 211 g/mol. The molecular weight excluding hydrogens is 198 g/mol. The summed E-state index contributed by atoms with van der Waals surface area (Å²) in [5.74, 6) is -1.22. The number of carbonyl (C=O) groups is 1. The van der Waals surface area contributed by atoms with E-state index in [4.69, 9.17) is 5.11 Å². The van der Waals surface area contributed by atoms with Gasteiger partial charge < -0.3 is 5.11 Å². The Morgan fingerprint density at radius 2 is 2.43 bits per heavy atom. The van der Waals surface area contributed by atoms with Gasteiger partial charge in [-0.05, 0) is 24.3 Å². The van der Waals surface area contributed by atoms with Crippen molar-refractivity contribution in [1.82, 2.24) is 4.98 Å². The lowest BCUT2D eigenvalue weighted by atomic mass is 9.98. The van der Waals surface area contributed by atoms with Crippen molar-refractivity contribution in [2.24, 2.45) is 0 Å². The minimum Gasteiger partial charge on any atom is -0.481 e. The van der Waals surface area contributed by atoms with Crippen molar-refractivity contribution >= 4 is 17.7 Å². The molecule has 0 bridgehead atoms. The molecule has 0 saturated carbocycles.